The molecule has 1 aromatic carbocycles. The largest absolute Gasteiger partial charge is 0.273 e. The zero-order chi connectivity index (χ0) is 18.3. The molecular formula is C17H29N3O3S. The van der Waals surface area contributed by atoms with E-state index in [9.17, 15) is 13.2 Å². The number of hydrazine groups is 1. The first-order valence-corrected chi connectivity index (χ1v) is 9.86. The second-order valence-electron chi connectivity index (χ2n) is 6.20. The molecule has 1 unspecified atom stereocenters. The van der Waals surface area contributed by atoms with Crippen LogP contribution in [0.2, 0.25) is 0 Å². The molecule has 136 valence electrons. The molecule has 0 spiro atoms. The van der Waals surface area contributed by atoms with Crippen molar-refractivity contribution in [2.45, 2.75) is 52.2 Å². The fourth-order valence-corrected chi connectivity index (χ4v) is 2.90. The van der Waals surface area contributed by atoms with Crippen LogP contribution >= 0.6 is 0 Å². The van der Waals surface area contributed by atoms with Crippen LogP contribution in [0.5, 0.6) is 0 Å². The van der Waals surface area contributed by atoms with Gasteiger partial charge in [-0.3, -0.25) is 4.79 Å². The number of benzene rings is 1. The maximum Gasteiger partial charge on any atom is 0.238 e. The van der Waals surface area contributed by atoms with E-state index in [0.29, 0.717) is 13.1 Å². The smallest absolute Gasteiger partial charge is 0.238 e. The van der Waals surface area contributed by atoms with E-state index in [0.717, 1.165) is 17.7 Å². The summed E-state index contributed by atoms with van der Waals surface area (Å²) in [7, 11) is -3.26. The van der Waals surface area contributed by atoms with Gasteiger partial charge in [0.05, 0.1) is 10.9 Å². The van der Waals surface area contributed by atoms with E-state index >= 15 is 0 Å². The van der Waals surface area contributed by atoms with Gasteiger partial charge in [0.2, 0.25) is 15.9 Å². The lowest BCUT2D eigenvalue weighted by atomic mass is 10.0. The van der Waals surface area contributed by atoms with E-state index in [4.69, 9.17) is 0 Å². The van der Waals surface area contributed by atoms with Crippen molar-refractivity contribution in [2.75, 3.05) is 18.1 Å². The first kappa shape index (κ1) is 20.6. The molecule has 0 bridgehead atoms. The number of nitrogens with zero attached hydrogens (tertiary/aromatic N) is 1. The average molecular weight is 356 g/mol. The molecule has 1 aromatic rings. The van der Waals surface area contributed by atoms with Crippen LogP contribution in [-0.2, 0) is 14.8 Å². The molecule has 0 aliphatic rings. The van der Waals surface area contributed by atoms with Crippen LogP contribution < -0.4 is 15.2 Å². The monoisotopic (exact) mass is 355 g/mol. The Morgan fingerprint density at radius 1 is 1.17 bits per heavy atom. The summed E-state index contributed by atoms with van der Waals surface area (Å²) >= 11 is 0. The summed E-state index contributed by atoms with van der Waals surface area (Å²) in [5.41, 5.74) is 4.87. The first-order valence-electron chi connectivity index (χ1n) is 8.31. The van der Waals surface area contributed by atoms with Gasteiger partial charge in [0.15, 0.2) is 0 Å². The molecule has 1 atom stereocenters. The number of amides is 1. The van der Waals surface area contributed by atoms with E-state index in [1.165, 1.54) is 11.9 Å². The molecule has 2 N–H and O–H groups in total. The quantitative estimate of drug-likeness (QED) is 0.667. The fraction of sp³-hybridized carbons (Fsp3) is 0.588. The molecule has 0 fully saturated rings. The first-order chi connectivity index (χ1) is 11.2. The number of anilines is 1. The topological polar surface area (TPSA) is 78.5 Å². The number of carbonyl (C=O) groups is 1. The third kappa shape index (κ3) is 5.89. The highest BCUT2D eigenvalue weighted by Crippen LogP contribution is 2.20. The molecule has 0 radical (unpaired) electrons. The van der Waals surface area contributed by atoms with Gasteiger partial charge in [-0.05, 0) is 43.9 Å². The molecule has 6 nitrogen and oxygen atoms in total. The number of sulfonamides is 1. The van der Waals surface area contributed by atoms with Crippen LogP contribution in [0, 0.1) is 0 Å². The van der Waals surface area contributed by atoms with Crippen LogP contribution in [-0.4, -0.2) is 32.7 Å². The number of nitrogens with one attached hydrogen (secondary N) is 2. The zero-order valence-corrected chi connectivity index (χ0v) is 16.0. The molecule has 0 heterocycles. The van der Waals surface area contributed by atoms with Crippen LogP contribution in [0.25, 0.3) is 0 Å². The van der Waals surface area contributed by atoms with Crippen molar-refractivity contribution >= 4 is 21.6 Å². The molecule has 0 aliphatic heterocycles. The molecule has 0 saturated carbocycles. The van der Waals surface area contributed by atoms with Crippen LogP contribution in [0.1, 0.15) is 52.5 Å². The lowest BCUT2D eigenvalue weighted by molar-refractivity contribution is -0.117. The Morgan fingerprint density at radius 3 is 2.21 bits per heavy atom. The lowest BCUT2D eigenvalue weighted by Crippen LogP contribution is -2.42. The molecular weight excluding hydrogens is 326 g/mol. The zero-order valence-electron chi connectivity index (χ0n) is 15.2. The summed E-state index contributed by atoms with van der Waals surface area (Å²) in [6, 6.07) is 7.58. The Bertz CT molecular complexity index is 627. The summed E-state index contributed by atoms with van der Waals surface area (Å²) < 4.78 is 26.3. The number of hydrogen-bond donors (Lipinski definition) is 2. The molecule has 0 aliphatic carbocycles. The van der Waals surface area contributed by atoms with Crippen LogP contribution in [0.15, 0.2) is 24.3 Å². The van der Waals surface area contributed by atoms with Crippen molar-refractivity contribution in [3.63, 3.8) is 0 Å². The van der Waals surface area contributed by atoms with E-state index in [-0.39, 0.29) is 11.8 Å². The van der Waals surface area contributed by atoms with E-state index in [1.54, 1.807) is 13.8 Å². The van der Waals surface area contributed by atoms with Crippen molar-refractivity contribution in [2.24, 2.45) is 0 Å². The average Bonchev–Trinajstić information content (AvgIpc) is 2.53. The normalized spacial score (nSPS) is 13.1. The molecule has 0 saturated heterocycles. The van der Waals surface area contributed by atoms with Gasteiger partial charge in [-0.1, -0.05) is 26.0 Å². The molecule has 7 heteroatoms. The van der Waals surface area contributed by atoms with Crippen molar-refractivity contribution in [3.05, 3.63) is 29.8 Å². The van der Waals surface area contributed by atoms with Gasteiger partial charge in [0, 0.05) is 20.0 Å². The highest BCUT2D eigenvalue weighted by Gasteiger charge is 2.17. The van der Waals surface area contributed by atoms with Gasteiger partial charge in [-0.25, -0.2) is 23.6 Å². The summed E-state index contributed by atoms with van der Waals surface area (Å²) in [6.45, 7) is 9.89. The Hall–Kier alpha value is -1.44. The van der Waals surface area contributed by atoms with Gasteiger partial charge < -0.3 is 0 Å². The predicted molar refractivity (Wildman–Crippen MR) is 98.4 cm³/mol. The molecule has 0 aromatic heterocycles. The van der Waals surface area contributed by atoms with E-state index in [1.807, 2.05) is 38.1 Å². The van der Waals surface area contributed by atoms with Gasteiger partial charge in [0.1, 0.15) is 0 Å². The number of hydrogen-bond acceptors (Lipinski definition) is 4. The fourth-order valence-electron chi connectivity index (χ4n) is 2.09. The van der Waals surface area contributed by atoms with Crippen molar-refractivity contribution < 1.29 is 13.2 Å². The summed E-state index contributed by atoms with van der Waals surface area (Å²) in [5.74, 6) is -0.0316. The SMILES string of the molecule is CCCNN(C(C)=O)c1ccc(C(C)CNS(=O)(=O)C(C)C)cc1. The lowest BCUT2D eigenvalue weighted by Gasteiger charge is -2.22. The Balaban J connectivity index is 2.77. The highest BCUT2D eigenvalue weighted by atomic mass is 32.2. The molecule has 1 amide bonds. The second kappa shape index (κ2) is 9.15. The van der Waals surface area contributed by atoms with Gasteiger partial charge >= 0.3 is 0 Å². The summed E-state index contributed by atoms with van der Waals surface area (Å²) in [6.07, 6.45) is 0.925. The van der Waals surface area contributed by atoms with Gasteiger partial charge in [-0.15, -0.1) is 0 Å². The third-order valence-electron chi connectivity index (χ3n) is 3.77. The Kier molecular flexibility index (Phi) is 7.86. The van der Waals surface area contributed by atoms with Crippen molar-refractivity contribution in [3.8, 4) is 0 Å². The minimum atomic E-state index is -3.26. The number of rotatable bonds is 9. The third-order valence-corrected chi connectivity index (χ3v) is 5.58. The second-order valence-corrected chi connectivity index (χ2v) is 8.52. The summed E-state index contributed by atoms with van der Waals surface area (Å²) in [5, 5.41) is 1.08. The highest BCUT2D eigenvalue weighted by molar-refractivity contribution is 7.90. The maximum absolute atomic E-state index is 11.8. The van der Waals surface area contributed by atoms with Gasteiger partial charge in [-0.2, -0.15) is 0 Å². The van der Waals surface area contributed by atoms with Gasteiger partial charge in [0.25, 0.3) is 0 Å². The minimum Gasteiger partial charge on any atom is -0.273 e. The standard InChI is InChI=1S/C17H29N3O3S/c1-6-11-18-20(15(5)21)17-9-7-16(8-10-17)14(4)12-19-24(22,23)13(2)3/h7-10,13-14,18-19H,6,11-12H2,1-5H3. The summed E-state index contributed by atoms with van der Waals surface area (Å²) in [4.78, 5) is 11.7. The van der Waals surface area contributed by atoms with Crippen LogP contribution in [0.3, 0.4) is 0 Å². The van der Waals surface area contributed by atoms with E-state index in [2.05, 4.69) is 10.1 Å². The Morgan fingerprint density at radius 2 is 1.75 bits per heavy atom. The number of carbonyl (C=O) groups excluding carboxylic acids is 1. The maximum atomic E-state index is 11.8. The Labute approximate surface area is 145 Å². The molecule has 24 heavy (non-hydrogen) atoms. The molecule has 1 rings (SSSR count). The minimum absolute atomic E-state index is 0.0435. The van der Waals surface area contributed by atoms with Crippen molar-refractivity contribution in [1.29, 1.82) is 0 Å². The van der Waals surface area contributed by atoms with E-state index < -0.39 is 15.3 Å². The van der Waals surface area contributed by atoms with Crippen LogP contribution in [0.4, 0.5) is 5.69 Å². The van der Waals surface area contributed by atoms with Crippen molar-refractivity contribution in [1.82, 2.24) is 10.1 Å². The predicted octanol–water partition coefficient (Wildman–Crippen LogP) is 2.39.